The average molecular weight is 264 g/mol. The lowest BCUT2D eigenvalue weighted by Gasteiger charge is -2.08. The smallest absolute Gasteiger partial charge is 0.266 e. The van der Waals surface area contributed by atoms with Crippen LogP contribution in [-0.4, -0.2) is 15.2 Å². The number of rotatable bonds is 3. The first-order valence-electron chi connectivity index (χ1n) is 6.21. The Balaban J connectivity index is 1.81. The van der Waals surface area contributed by atoms with Gasteiger partial charge in [-0.3, -0.25) is 4.98 Å². The maximum atomic E-state index is 5.62. The summed E-state index contributed by atoms with van der Waals surface area (Å²) in [6, 6.07) is 4.06. The fraction of sp³-hybridized carbons (Fsp3) is 0.462. The summed E-state index contributed by atoms with van der Waals surface area (Å²) >= 11 is 5.62. The van der Waals surface area contributed by atoms with Crippen LogP contribution in [0.1, 0.15) is 43.1 Å². The zero-order chi connectivity index (χ0) is 12.4. The molecule has 5 heteroatoms. The van der Waals surface area contributed by atoms with Gasteiger partial charge in [0.15, 0.2) is 0 Å². The molecule has 94 valence electrons. The quantitative estimate of drug-likeness (QED) is 0.795. The molecule has 2 aromatic rings. The minimum atomic E-state index is 0.229. The molecule has 1 fully saturated rings. The predicted molar refractivity (Wildman–Crippen MR) is 68.3 cm³/mol. The summed E-state index contributed by atoms with van der Waals surface area (Å²) < 4.78 is 5.37. The Bertz CT molecular complexity index is 517. The zero-order valence-corrected chi connectivity index (χ0v) is 10.7. The Labute approximate surface area is 110 Å². The van der Waals surface area contributed by atoms with E-state index < -0.39 is 0 Å². The fourth-order valence-corrected chi connectivity index (χ4v) is 2.55. The second-order valence-corrected chi connectivity index (χ2v) is 4.86. The molecule has 0 aromatic carbocycles. The molecule has 0 unspecified atom stereocenters. The van der Waals surface area contributed by atoms with E-state index in [1.165, 1.54) is 31.2 Å². The molecule has 2 aromatic heterocycles. The number of alkyl halides is 1. The summed E-state index contributed by atoms with van der Waals surface area (Å²) in [7, 11) is 0. The van der Waals surface area contributed by atoms with Crippen LogP contribution in [-0.2, 0) is 5.88 Å². The molecule has 0 saturated heterocycles. The standard InChI is InChI=1S/C13H14ClN3O/c14-7-12-16-17-13(18-12)11-6-5-10(8-15-11)9-3-1-2-4-9/h5-6,8-9H,1-4,7H2. The van der Waals surface area contributed by atoms with Crippen LogP contribution in [0.5, 0.6) is 0 Å². The van der Waals surface area contributed by atoms with Crippen LogP contribution in [0, 0.1) is 0 Å². The van der Waals surface area contributed by atoms with Gasteiger partial charge in [-0.1, -0.05) is 18.9 Å². The normalized spacial score (nSPS) is 16.3. The minimum Gasteiger partial charge on any atom is -0.418 e. The molecule has 0 bridgehead atoms. The molecule has 0 amide bonds. The molecular formula is C13H14ClN3O. The van der Waals surface area contributed by atoms with Crippen molar-refractivity contribution in [3.63, 3.8) is 0 Å². The number of hydrogen-bond acceptors (Lipinski definition) is 4. The lowest BCUT2D eigenvalue weighted by molar-refractivity contribution is 0.525. The van der Waals surface area contributed by atoms with Gasteiger partial charge in [0.05, 0.1) is 0 Å². The topological polar surface area (TPSA) is 51.8 Å². The Kier molecular flexibility index (Phi) is 3.28. The second kappa shape index (κ2) is 5.06. The average Bonchev–Trinajstić information content (AvgIpc) is 3.10. The van der Waals surface area contributed by atoms with Gasteiger partial charge in [-0.2, -0.15) is 0 Å². The van der Waals surface area contributed by atoms with Crippen LogP contribution in [0.25, 0.3) is 11.6 Å². The van der Waals surface area contributed by atoms with Gasteiger partial charge in [0.1, 0.15) is 11.6 Å². The van der Waals surface area contributed by atoms with Crippen LogP contribution >= 0.6 is 11.6 Å². The van der Waals surface area contributed by atoms with Crippen LogP contribution in [0.15, 0.2) is 22.7 Å². The van der Waals surface area contributed by atoms with Gasteiger partial charge >= 0.3 is 0 Å². The van der Waals surface area contributed by atoms with Crippen molar-refractivity contribution in [2.75, 3.05) is 0 Å². The van der Waals surface area contributed by atoms with Crippen LogP contribution in [0.3, 0.4) is 0 Å². The van der Waals surface area contributed by atoms with Crippen molar-refractivity contribution in [2.24, 2.45) is 0 Å². The maximum absolute atomic E-state index is 5.62. The molecule has 1 aliphatic carbocycles. The SMILES string of the molecule is ClCc1nnc(-c2ccc(C3CCCC3)cn2)o1. The molecule has 0 radical (unpaired) electrons. The Morgan fingerprint density at radius 1 is 1.22 bits per heavy atom. The summed E-state index contributed by atoms with van der Waals surface area (Å²) in [5.74, 6) is 1.76. The summed E-state index contributed by atoms with van der Waals surface area (Å²) in [4.78, 5) is 4.40. The molecular weight excluding hydrogens is 250 g/mol. The van der Waals surface area contributed by atoms with Gasteiger partial charge in [-0.25, -0.2) is 0 Å². The molecule has 0 aliphatic heterocycles. The fourth-order valence-electron chi connectivity index (χ4n) is 2.44. The molecule has 1 saturated carbocycles. The van der Waals surface area contributed by atoms with E-state index >= 15 is 0 Å². The molecule has 18 heavy (non-hydrogen) atoms. The van der Waals surface area contributed by atoms with Gasteiger partial charge in [0.2, 0.25) is 5.89 Å². The highest BCUT2D eigenvalue weighted by molar-refractivity contribution is 6.16. The van der Waals surface area contributed by atoms with Crippen molar-refractivity contribution in [1.82, 2.24) is 15.2 Å². The number of halogens is 1. The number of pyridine rings is 1. The third-order valence-electron chi connectivity index (χ3n) is 3.41. The van der Waals surface area contributed by atoms with Gasteiger partial charge < -0.3 is 4.42 Å². The highest BCUT2D eigenvalue weighted by Gasteiger charge is 2.17. The van der Waals surface area contributed by atoms with E-state index in [9.17, 15) is 0 Å². The van der Waals surface area contributed by atoms with E-state index in [1.807, 2.05) is 12.3 Å². The van der Waals surface area contributed by atoms with Gasteiger partial charge in [0, 0.05) is 6.20 Å². The summed E-state index contributed by atoms with van der Waals surface area (Å²) in [6.45, 7) is 0. The highest BCUT2D eigenvalue weighted by atomic mass is 35.5. The van der Waals surface area contributed by atoms with Crippen LogP contribution in [0.2, 0.25) is 0 Å². The number of nitrogens with zero attached hydrogens (tertiary/aromatic N) is 3. The Hall–Kier alpha value is -1.42. The predicted octanol–water partition coefficient (Wildman–Crippen LogP) is 3.53. The van der Waals surface area contributed by atoms with Crippen LogP contribution in [0.4, 0.5) is 0 Å². The summed E-state index contributed by atoms with van der Waals surface area (Å²) in [5.41, 5.74) is 2.02. The molecule has 0 N–H and O–H groups in total. The van der Waals surface area contributed by atoms with Gasteiger partial charge in [-0.15, -0.1) is 21.8 Å². The second-order valence-electron chi connectivity index (χ2n) is 4.59. The molecule has 2 heterocycles. The van der Waals surface area contributed by atoms with Crippen molar-refractivity contribution < 1.29 is 4.42 Å². The van der Waals surface area contributed by atoms with E-state index in [0.29, 0.717) is 23.4 Å². The molecule has 3 rings (SSSR count). The first-order valence-corrected chi connectivity index (χ1v) is 6.75. The number of hydrogen-bond donors (Lipinski definition) is 0. The summed E-state index contributed by atoms with van der Waals surface area (Å²) in [5, 5.41) is 7.74. The lowest BCUT2D eigenvalue weighted by Crippen LogP contribution is -1.94. The first-order chi connectivity index (χ1) is 8.86. The van der Waals surface area contributed by atoms with E-state index in [4.69, 9.17) is 16.0 Å². The van der Waals surface area contributed by atoms with Crippen molar-refractivity contribution >= 4 is 11.6 Å². The van der Waals surface area contributed by atoms with Gasteiger partial charge in [0.25, 0.3) is 5.89 Å². The lowest BCUT2D eigenvalue weighted by atomic mass is 9.99. The van der Waals surface area contributed by atoms with Gasteiger partial charge in [-0.05, 0) is 30.4 Å². The largest absolute Gasteiger partial charge is 0.418 e. The first kappa shape index (κ1) is 11.7. The molecule has 0 atom stereocenters. The monoisotopic (exact) mass is 263 g/mol. The third-order valence-corrected chi connectivity index (χ3v) is 3.64. The van der Waals surface area contributed by atoms with Crippen molar-refractivity contribution in [3.05, 3.63) is 29.8 Å². The van der Waals surface area contributed by atoms with E-state index in [-0.39, 0.29) is 5.88 Å². The summed E-state index contributed by atoms with van der Waals surface area (Å²) in [6.07, 6.45) is 7.14. The van der Waals surface area contributed by atoms with E-state index in [2.05, 4.69) is 21.2 Å². The highest BCUT2D eigenvalue weighted by Crippen LogP contribution is 2.34. The van der Waals surface area contributed by atoms with Crippen molar-refractivity contribution in [2.45, 2.75) is 37.5 Å². The van der Waals surface area contributed by atoms with Crippen molar-refractivity contribution in [3.8, 4) is 11.6 Å². The third kappa shape index (κ3) is 2.25. The number of aromatic nitrogens is 3. The Morgan fingerprint density at radius 2 is 2.06 bits per heavy atom. The minimum absolute atomic E-state index is 0.229. The molecule has 0 spiro atoms. The molecule has 1 aliphatic rings. The van der Waals surface area contributed by atoms with Crippen LogP contribution < -0.4 is 0 Å². The van der Waals surface area contributed by atoms with Crippen molar-refractivity contribution in [1.29, 1.82) is 0 Å². The molecule has 4 nitrogen and oxygen atoms in total. The van der Waals surface area contributed by atoms with E-state index in [0.717, 1.165) is 0 Å². The Morgan fingerprint density at radius 3 is 2.67 bits per heavy atom. The zero-order valence-electron chi connectivity index (χ0n) is 9.97. The maximum Gasteiger partial charge on any atom is 0.266 e. The van der Waals surface area contributed by atoms with E-state index in [1.54, 1.807) is 0 Å².